The topological polar surface area (TPSA) is 87.6 Å². The van der Waals surface area contributed by atoms with Crippen molar-refractivity contribution in [1.29, 1.82) is 0 Å². The standard InChI is InChI=1S/C18H18N2O5/c1-10-11(2)24-12(3)16(10)18(21)23-9-15-19-17(20-25-15)13-6-5-7-14(8-13)22-4/h5-8H,9H2,1-4H3. The third-order valence-corrected chi connectivity index (χ3v) is 3.89. The molecule has 130 valence electrons. The molecule has 0 fully saturated rings. The Balaban J connectivity index is 1.70. The molecule has 3 rings (SSSR count). The summed E-state index contributed by atoms with van der Waals surface area (Å²) in [6.45, 7) is 5.23. The normalized spacial score (nSPS) is 10.7. The van der Waals surface area contributed by atoms with Crippen molar-refractivity contribution in [3.05, 3.63) is 52.8 Å². The van der Waals surface area contributed by atoms with E-state index in [-0.39, 0.29) is 12.5 Å². The number of ether oxygens (including phenoxy) is 2. The van der Waals surface area contributed by atoms with E-state index >= 15 is 0 Å². The Morgan fingerprint density at radius 1 is 1.20 bits per heavy atom. The Hall–Kier alpha value is -3.09. The van der Waals surface area contributed by atoms with Crippen LogP contribution in [0.1, 0.15) is 33.3 Å². The molecule has 0 bridgehead atoms. The molecule has 0 N–H and O–H groups in total. The molecule has 0 aliphatic carbocycles. The molecule has 0 spiro atoms. The van der Waals surface area contributed by atoms with E-state index in [1.54, 1.807) is 27.0 Å². The van der Waals surface area contributed by atoms with Crippen LogP contribution in [0.15, 0.2) is 33.2 Å². The lowest BCUT2D eigenvalue weighted by atomic mass is 10.1. The van der Waals surface area contributed by atoms with E-state index in [2.05, 4.69) is 10.1 Å². The number of hydrogen-bond donors (Lipinski definition) is 0. The summed E-state index contributed by atoms with van der Waals surface area (Å²) < 4.78 is 21.0. The van der Waals surface area contributed by atoms with Crippen LogP contribution in [-0.4, -0.2) is 23.2 Å². The smallest absolute Gasteiger partial charge is 0.342 e. The van der Waals surface area contributed by atoms with Crippen molar-refractivity contribution in [1.82, 2.24) is 10.1 Å². The quantitative estimate of drug-likeness (QED) is 0.654. The van der Waals surface area contributed by atoms with Gasteiger partial charge in [-0.25, -0.2) is 4.79 Å². The number of esters is 1. The van der Waals surface area contributed by atoms with Crippen LogP contribution in [0.5, 0.6) is 5.75 Å². The van der Waals surface area contributed by atoms with Gasteiger partial charge in [0.2, 0.25) is 5.82 Å². The number of benzene rings is 1. The maximum absolute atomic E-state index is 12.2. The molecule has 0 atom stereocenters. The highest BCUT2D eigenvalue weighted by molar-refractivity contribution is 5.92. The second-order valence-corrected chi connectivity index (χ2v) is 5.53. The van der Waals surface area contributed by atoms with Crippen molar-refractivity contribution in [3.8, 4) is 17.1 Å². The maximum Gasteiger partial charge on any atom is 0.342 e. The molecule has 2 aromatic heterocycles. The van der Waals surface area contributed by atoms with Gasteiger partial charge in [0.25, 0.3) is 5.89 Å². The number of carbonyl (C=O) groups is 1. The zero-order chi connectivity index (χ0) is 18.0. The van der Waals surface area contributed by atoms with Gasteiger partial charge in [-0.05, 0) is 32.9 Å². The van der Waals surface area contributed by atoms with Crippen molar-refractivity contribution >= 4 is 5.97 Å². The van der Waals surface area contributed by atoms with Gasteiger partial charge in [-0.2, -0.15) is 4.98 Å². The Bertz CT molecular complexity index is 910. The molecule has 0 saturated heterocycles. The lowest BCUT2D eigenvalue weighted by Gasteiger charge is -2.01. The fraction of sp³-hybridized carbons (Fsp3) is 0.278. The summed E-state index contributed by atoms with van der Waals surface area (Å²) in [6, 6.07) is 7.28. The number of carbonyl (C=O) groups excluding carboxylic acids is 1. The average molecular weight is 342 g/mol. The van der Waals surface area contributed by atoms with E-state index in [1.165, 1.54) is 0 Å². The van der Waals surface area contributed by atoms with Crippen LogP contribution in [0.2, 0.25) is 0 Å². The van der Waals surface area contributed by atoms with Gasteiger partial charge in [0.05, 0.1) is 7.11 Å². The van der Waals surface area contributed by atoms with Gasteiger partial charge >= 0.3 is 5.97 Å². The Morgan fingerprint density at radius 3 is 2.68 bits per heavy atom. The summed E-state index contributed by atoms with van der Waals surface area (Å²) in [6.07, 6.45) is 0. The zero-order valence-electron chi connectivity index (χ0n) is 14.5. The lowest BCUT2D eigenvalue weighted by molar-refractivity contribution is 0.0427. The van der Waals surface area contributed by atoms with Crippen LogP contribution in [0.3, 0.4) is 0 Å². The number of aryl methyl sites for hydroxylation is 2. The summed E-state index contributed by atoms with van der Waals surface area (Å²) in [4.78, 5) is 16.5. The highest BCUT2D eigenvalue weighted by atomic mass is 16.6. The minimum Gasteiger partial charge on any atom is -0.497 e. The summed E-state index contributed by atoms with van der Waals surface area (Å²) in [7, 11) is 1.59. The van der Waals surface area contributed by atoms with Gasteiger partial charge in [0.15, 0.2) is 6.61 Å². The number of nitrogens with zero attached hydrogens (tertiary/aromatic N) is 2. The summed E-state index contributed by atoms with van der Waals surface area (Å²) in [5.74, 6) is 2.05. The predicted molar refractivity (Wildman–Crippen MR) is 88.3 cm³/mol. The second kappa shape index (κ2) is 6.80. The van der Waals surface area contributed by atoms with E-state index in [4.69, 9.17) is 18.4 Å². The Labute approximate surface area is 144 Å². The molecule has 1 aromatic carbocycles. The molecule has 25 heavy (non-hydrogen) atoms. The number of hydrogen-bond acceptors (Lipinski definition) is 7. The van der Waals surface area contributed by atoms with Gasteiger partial charge in [0, 0.05) is 11.1 Å². The molecular formula is C18H18N2O5. The molecule has 7 heteroatoms. The molecule has 0 radical (unpaired) electrons. The minimum atomic E-state index is -0.479. The average Bonchev–Trinajstić information content (AvgIpc) is 3.18. The number of aromatic nitrogens is 2. The summed E-state index contributed by atoms with van der Waals surface area (Å²) in [5, 5.41) is 3.90. The summed E-state index contributed by atoms with van der Waals surface area (Å²) >= 11 is 0. The van der Waals surface area contributed by atoms with E-state index in [1.807, 2.05) is 25.1 Å². The third kappa shape index (κ3) is 3.40. The fourth-order valence-corrected chi connectivity index (χ4v) is 2.49. The van der Waals surface area contributed by atoms with Gasteiger partial charge < -0.3 is 18.4 Å². The Kier molecular flexibility index (Phi) is 4.56. The van der Waals surface area contributed by atoms with E-state index in [9.17, 15) is 4.79 Å². The molecule has 0 aliphatic rings. The van der Waals surface area contributed by atoms with Crippen LogP contribution < -0.4 is 4.74 Å². The van der Waals surface area contributed by atoms with Gasteiger partial charge in [-0.3, -0.25) is 0 Å². The number of rotatable bonds is 5. The summed E-state index contributed by atoms with van der Waals surface area (Å²) in [5.41, 5.74) is 1.95. The molecule has 2 heterocycles. The molecule has 7 nitrogen and oxygen atoms in total. The molecular weight excluding hydrogens is 324 g/mol. The van der Waals surface area contributed by atoms with Crippen molar-refractivity contribution in [2.75, 3.05) is 7.11 Å². The first-order valence-electron chi connectivity index (χ1n) is 7.70. The highest BCUT2D eigenvalue weighted by Gasteiger charge is 2.21. The first-order valence-corrected chi connectivity index (χ1v) is 7.70. The molecule has 3 aromatic rings. The number of methoxy groups -OCH3 is 1. The van der Waals surface area contributed by atoms with Gasteiger partial charge in [-0.15, -0.1) is 0 Å². The van der Waals surface area contributed by atoms with Crippen LogP contribution >= 0.6 is 0 Å². The first-order chi connectivity index (χ1) is 12.0. The van der Waals surface area contributed by atoms with Crippen molar-refractivity contribution in [2.24, 2.45) is 0 Å². The maximum atomic E-state index is 12.2. The largest absolute Gasteiger partial charge is 0.497 e. The Morgan fingerprint density at radius 2 is 2.00 bits per heavy atom. The SMILES string of the molecule is COc1cccc(-c2noc(COC(=O)c3c(C)oc(C)c3C)n2)c1. The highest BCUT2D eigenvalue weighted by Crippen LogP contribution is 2.23. The third-order valence-electron chi connectivity index (χ3n) is 3.89. The predicted octanol–water partition coefficient (Wildman–Crippen LogP) is 3.62. The molecule has 0 amide bonds. The lowest BCUT2D eigenvalue weighted by Crippen LogP contribution is -2.07. The van der Waals surface area contributed by atoms with Crippen LogP contribution in [0, 0.1) is 20.8 Å². The monoisotopic (exact) mass is 342 g/mol. The van der Waals surface area contributed by atoms with Gasteiger partial charge in [0.1, 0.15) is 22.8 Å². The van der Waals surface area contributed by atoms with Crippen molar-refractivity contribution in [2.45, 2.75) is 27.4 Å². The van der Waals surface area contributed by atoms with E-state index in [0.29, 0.717) is 28.7 Å². The van der Waals surface area contributed by atoms with Crippen LogP contribution in [0.25, 0.3) is 11.4 Å². The first kappa shape index (κ1) is 16.8. The van der Waals surface area contributed by atoms with E-state index in [0.717, 1.165) is 11.1 Å². The molecule has 0 unspecified atom stereocenters. The minimum absolute atomic E-state index is 0.112. The number of furan rings is 1. The van der Waals surface area contributed by atoms with Crippen molar-refractivity contribution in [3.63, 3.8) is 0 Å². The molecule has 0 aliphatic heterocycles. The fourth-order valence-electron chi connectivity index (χ4n) is 2.49. The van der Waals surface area contributed by atoms with E-state index < -0.39 is 5.97 Å². The van der Waals surface area contributed by atoms with Crippen LogP contribution in [-0.2, 0) is 11.3 Å². The van der Waals surface area contributed by atoms with Crippen molar-refractivity contribution < 1.29 is 23.2 Å². The van der Waals surface area contributed by atoms with Gasteiger partial charge in [-0.1, -0.05) is 17.3 Å². The zero-order valence-corrected chi connectivity index (χ0v) is 14.5. The molecule has 0 saturated carbocycles. The van der Waals surface area contributed by atoms with Crippen LogP contribution in [0.4, 0.5) is 0 Å². The second-order valence-electron chi connectivity index (χ2n) is 5.53.